The van der Waals surface area contributed by atoms with E-state index in [0.717, 1.165) is 16.0 Å². The van der Waals surface area contributed by atoms with Crippen LogP contribution < -0.4 is 4.74 Å². The van der Waals surface area contributed by atoms with E-state index < -0.39 is 12.1 Å². The van der Waals surface area contributed by atoms with Crippen LogP contribution in [0.4, 0.5) is 13.2 Å². The Labute approximate surface area is 138 Å². The summed E-state index contributed by atoms with van der Waals surface area (Å²) in [6.45, 7) is 0.0381. The van der Waals surface area contributed by atoms with Crippen molar-refractivity contribution in [2.45, 2.75) is 37.8 Å². The summed E-state index contributed by atoms with van der Waals surface area (Å²) in [6, 6.07) is 7.49. The molecule has 0 bridgehead atoms. The van der Waals surface area contributed by atoms with E-state index in [-0.39, 0.29) is 19.0 Å². The first-order chi connectivity index (χ1) is 11.4. The van der Waals surface area contributed by atoms with E-state index in [1.807, 2.05) is 18.2 Å². The molecular formula is C17H19F3N2O2. The molecule has 24 heavy (non-hydrogen) atoms. The third-order valence-corrected chi connectivity index (χ3v) is 4.25. The van der Waals surface area contributed by atoms with E-state index in [1.54, 1.807) is 6.07 Å². The monoisotopic (exact) mass is 340 g/mol. The number of benzene rings is 1. The molecule has 0 aliphatic carbocycles. The Morgan fingerprint density at radius 2 is 2.21 bits per heavy atom. The van der Waals surface area contributed by atoms with Crippen molar-refractivity contribution in [2.75, 3.05) is 20.2 Å². The maximum Gasteiger partial charge on any atom is 0.471 e. The van der Waals surface area contributed by atoms with Crippen molar-refractivity contribution in [3.05, 3.63) is 29.3 Å². The average Bonchev–Trinajstić information content (AvgIpc) is 2.72. The van der Waals surface area contributed by atoms with Crippen molar-refractivity contribution in [1.29, 1.82) is 5.26 Å². The molecule has 0 N–H and O–H groups in total. The van der Waals surface area contributed by atoms with E-state index in [0.29, 0.717) is 31.4 Å². The standard InChI is InChI=1S/C17H19F3N2O2/c1-24-14-5-6-15-12(10-14)7-9-22(16(23)17(18,19)20)11-13(15)4-2-3-8-21/h5-6,10,13H,2-4,7,9,11H2,1H3. The van der Waals surface area contributed by atoms with E-state index >= 15 is 0 Å². The van der Waals surface area contributed by atoms with Crippen LogP contribution >= 0.6 is 0 Å². The predicted molar refractivity (Wildman–Crippen MR) is 81.5 cm³/mol. The van der Waals surface area contributed by atoms with Gasteiger partial charge in [0.05, 0.1) is 13.2 Å². The third-order valence-electron chi connectivity index (χ3n) is 4.25. The van der Waals surface area contributed by atoms with Crippen LogP contribution in [0.15, 0.2) is 18.2 Å². The van der Waals surface area contributed by atoms with E-state index in [1.165, 1.54) is 7.11 Å². The number of halogens is 3. The lowest BCUT2D eigenvalue weighted by atomic mass is 9.89. The largest absolute Gasteiger partial charge is 0.497 e. The van der Waals surface area contributed by atoms with Gasteiger partial charge in [0.2, 0.25) is 0 Å². The fourth-order valence-corrected chi connectivity index (χ4v) is 3.07. The molecular weight excluding hydrogens is 321 g/mol. The Morgan fingerprint density at radius 1 is 1.46 bits per heavy atom. The fraction of sp³-hybridized carbons (Fsp3) is 0.529. The molecule has 1 aliphatic heterocycles. The molecule has 0 saturated carbocycles. The number of hydrogen-bond acceptors (Lipinski definition) is 3. The minimum Gasteiger partial charge on any atom is -0.497 e. The number of rotatable bonds is 4. The van der Waals surface area contributed by atoms with Gasteiger partial charge in [0, 0.05) is 25.4 Å². The molecule has 1 aromatic carbocycles. The molecule has 0 radical (unpaired) electrons. The quantitative estimate of drug-likeness (QED) is 0.789. The van der Waals surface area contributed by atoms with E-state index in [2.05, 4.69) is 0 Å². The van der Waals surface area contributed by atoms with Crippen LogP contribution in [0.1, 0.15) is 36.3 Å². The van der Waals surface area contributed by atoms with Gasteiger partial charge in [0.15, 0.2) is 0 Å². The summed E-state index contributed by atoms with van der Waals surface area (Å²) in [5.74, 6) is -1.37. The van der Waals surface area contributed by atoms with Crippen LogP contribution in [0, 0.1) is 11.3 Å². The highest BCUT2D eigenvalue weighted by Gasteiger charge is 2.43. The molecule has 1 aromatic rings. The number of carbonyl (C=O) groups is 1. The van der Waals surface area contributed by atoms with Crippen LogP contribution in [-0.2, 0) is 11.2 Å². The van der Waals surface area contributed by atoms with Crippen molar-refractivity contribution in [3.63, 3.8) is 0 Å². The lowest BCUT2D eigenvalue weighted by Gasteiger charge is -2.25. The van der Waals surface area contributed by atoms with Crippen LogP contribution in [-0.4, -0.2) is 37.2 Å². The number of nitrogens with zero attached hydrogens (tertiary/aromatic N) is 2. The number of unbranched alkanes of at least 4 members (excludes halogenated alkanes) is 1. The molecule has 7 heteroatoms. The molecule has 4 nitrogen and oxygen atoms in total. The van der Waals surface area contributed by atoms with Gasteiger partial charge >= 0.3 is 12.1 Å². The zero-order chi connectivity index (χ0) is 17.7. The second-order valence-electron chi connectivity index (χ2n) is 5.81. The number of carbonyl (C=O) groups excluding carboxylic acids is 1. The highest BCUT2D eigenvalue weighted by molar-refractivity contribution is 5.82. The second-order valence-corrected chi connectivity index (χ2v) is 5.81. The lowest BCUT2D eigenvalue weighted by Crippen LogP contribution is -2.43. The molecule has 1 amide bonds. The van der Waals surface area contributed by atoms with Crippen molar-refractivity contribution in [1.82, 2.24) is 4.90 Å². The van der Waals surface area contributed by atoms with Gasteiger partial charge < -0.3 is 9.64 Å². The maximum atomic E-state index is 12.8. The molecule has 0 fully saturated rings. The second kappa shape index (κ2) is 7.56. The van der Waals surface area contributed by atoms with Crippen molar-refractivity contribution in [3.8, 4) is 11.8 Å². The summed E-state index contributed by atoms with van der Waals surface area (Å²) in [7, 11) is 1.53. The number of nitriles is 1. The predicted octanol–water partition coefficient (Wildman–Crippen LogP) is 3.42. The summed E-state index contributed by atoms with van der Waals surface area (Å²) in [5, 5.41) is 8.68. The minimum atomic E-state index is -4.87. The first-order valence-electron chi connectivity index (χ1n) is 7.76. The SMILES string of the molecule is COc1ccc2c(c1)CCN(C(=O)C(F)(F)F)CC2CCCC#N. The highest BCUT2D eigenvalue weighted by Crippen LogP contribution is 2.33. The Balaban J connectivity index is 2.29. The van der Waals surface area contributed by atoms with Gasteiger partial charge in [0.25, 0.3) is 0 Å². The summed E-state index contributed by atoms with van der Waals surface area (Å²) in [4.78, 5) is 12.5. The Hall–Kier alpha value is -2.23. The van der Waals surface area contributed by atoms with Gasteiger partial charge in [-0.15, -0.1) is 0 Å². The van der Waals surface area contributed by atoms with Crippen LogP contribution in [0.5, 0.6) is 5.75 Å². The smallest absolute Gasteiger partial charge is 0.471 e. The van der Waals surface area contributed by atoms with Gasteiger partial charge in [-0.25, -0.2) is 0 Å². The number of hydrogen-bond donors (Lipinski definition) is 0. The van der Waals surface area contributed by atoms with Gasteiger partial charge in [-0.05, 0) is 42.5 Å². The highest BCUT2D eigenvalue weighted by atomic mass is 19.4. The molecule has 0 aromatic heterocycles. The van der Waals surface area contributed by atoms with E-state index in [9.17, 15) is 18.0 Å². The van der Waals surface area contributed by atoms with Gasteiger partial charge in [0.1, 0.15) is 5.75 Å². The summed E-state index contributed by atoms with van der Waals surface area (Å²) >= 11 is 0. The molecule has 0 spiro atoms. The molecule has 130 valence electrons. The number of ether oxygens (including phenoxy) is 1. The maximum absolute atomic E-state index is 12.8. The molecule has 1 heterocycles. The van der Waals surface area contributed by atoms with Crippen molar-refractivity contribution >= 4 is 5.91 Å². The van der Waals surface area contributed by atoms with E-state index in [4.69, 9.17) is 10.00 Å². The Bertz CT molecular complexity index is 638. The Morgan fingerprint density at radius 3 is 2.83 bits per heavy atom. The van der Waals surface area contributed by atoms with Gasteiger partial charge in [-0.1, -0.05) is 6.07 Å². The zero-order valence-corrected chi connectivity index (χ0v) is 13.4. The number of amides is 1. The molecule has 1 aliphatic rings. The number of fused-ring (bicyclic) bond motifs is 1. The molecule has 0 saturated heterocycles. The summed E-state index contributed by atoms with van der Waals surface area (Å²) in [6.07, 6.45) is -3.03. The number of alkyl halides is 3. The van der Waals surface area contributed by atoms with Crippen molar-refractivity contribution in [2.24, 2.45) is 0 Å². The van der Waals surface area contributed by atoms with Crippen LogP contribution in [0.25, 0.3) is 0 Å². The first kappa shape index (κ1) is 18.1. The van der Waals surface area contributed by atoms with Crippen LogP contribution in [0.2, 0.25) is 0 Å². The molecule has 1 atom stereocenters. The average molecular weight is 340 g/mol. The normalized spacial score (nSPS) is 17.6. The van der Waals surface area contributed by atoms with Crippen LogP contribution in [0.3, 0.4) is 0 Å². The van der Waals surface area contributed by atoms with Gasteiger partial charge in [-0.3, -0.25) is 4.79 Å². The lowest BCUT2D eigenvalue weighted by molar-refractivity contribution is -0.185. The summed E-state index contributed by atoms with van der Waals surface area (Å²) in [5.41, 5.74) is 1.83. The summed E-state index contributed by atoms with van der Waals surface area (Å²) < 4.78 is 43.6. The Kier molecular flexibility index (Phi) is 5.71. The van der Waals surface area contributed by atoms with Gasteiger partial charge in [-0.2, -0.15) is 18.4 Å². The fourth-order valence-electron chi connectivity index (χ4n) is 3.07. The molecule has 1 unspecified atom stereocenters. The molecule has 2 rings (SSSR count). The number of methoxy groups -OCH3 is 1. The minimum absolute atomic E-state index is 0.0170. The van der Waals surface area contributed by atoms with Crippen molar-refractivity contribution < 1.29 is 22.7 Å². The first-order valence-corrected chi connectivity index (χ1v) is 7.76. The zero-order valence-electron chi connectivity index (χ0n) is 13.4. The third kappa shape index (κ3) is 4.19. The topological polar surface area (TPSA) is 53.3 Å².